The number of hydrogen-bond donors (Lipinski definition) is 2. The maximum atomic E-state index is 12.8. The lowest BCUT2D eigenvalue weighted by atomic mass is 9.84. The Morgan fingerprint density at radius 3 is 2.96 bits per heavy atom. The fraction of sp³-hybridized carbons (Fsp3) is 0.524. The summed E-state index contributed by atoms with van der Waals surface area (Å²) in [6.07, 6.45) is 4.89. The van der Waals surface area contributed by atoms with Gasteiger partial charge in [0.15, 0.2) is 0 Å². The van der Waals surface area contributed by atoms with Crippen LogP contribution in [-0.2, 0) is 23.3 Å². The van der Waals surface area contributed by atoms with Crippen molar-refractivity contribution in [1.82, 2.24) is 15.6 Å². The zero-order chi connectivity index (χ0) is 19.6. The van der Waals surface area contributed by atoms with E-state index < -0.39 is 0 Å². The Kier molecular flexibility index (Phi) is 6.06. The fourth-order valence-electron chi connectivity index (χ4n) is 4.07. The number of nitrogens with one attached hydrogen (secondary N) is 2. The summed E-state index contributed by atoms with van der Waals surface area (Å²) in [6.45, 7) is 6.63. The molecule has 5 nitrogen and oxygen atoms in total. The highest BCUT2D eigenvalue weighted by atomic mass is 32.2. The van der Waals surface area contributed by atoms with Crippen molar-refractivity contribution in [3.8, 4) is 0 Å². The molecule has 1 atom stereocenters. The van der Waals surface area contributed by atoms with E-state index in [1.807, 2.05) is 12.3 Å². The molecule has 2 aliphatic rings. The molecule has 150 valence electrons. The van der Waals surface area contributed by atoms with Gasteiger partial charge in [0, 0.05) is 16.0 Å². The number of ether oxygens (including phenoxy) is 1. The highest BCUT2D eigenvalue weighted by Gasteiger charge is 2.43. The first kappa shape index (κ1) is 19.9. The number of amides is 1. The van der Waals surface area contributed by atoms with Gasteiger partial charge in [-0.2, -0.15) is 0 Å². The van der Waals surface area contributed by atoms with Crippen LogP contribution in [0.4, 0.5) is 0 Å². The molecule has 4 rings (SSSR count). The van der Waals surface area contributed by atoms with Crippen molar-refractivity contribution in [2.75, 3.05) is 18.8 Å². The van der Waals surface area contributed by atoms with Crippen molar-refractivity contribution >= 4 is 29.0 Å². The van der Waals surface area contributed by atoms with Gasteiger partial charge in [-0.15, -0.1) is 23.1 Å². The molecular formula is C21H27N3O2S2. The first-order valence-electron chi connectivity index (χ1n) is 9.97. The Bertz CT molecular complexity index is 829. The highest BCUT2D eigenvalue weighted by molar-refractivity contribution is 7.99. The van der Waals surface area contributed by atoms with E-state index in [-0.39, 0.29) is 17.6 Å². The quantitative estimate of drug-likeness (QED) is 0.726. The van der Waals surface area contributed by atoms with Gasteiger partial charge in [0.2, 0.25) is 0 Å². The molecule has 1 saturated heterocycles. The molecule has 2 aromatic heterocycles. The van der Waals surface area contributed by atoms with E-state index in [9.17, 15) is 4.79 Å². The molecule has 4 heterocycles. The second-order valence-corrected chi connectivity index (χ2v) is 9.83. The molecule has 0 aliphatic carbocycles. The predicted octanol–water partition coefficient (Wildman–Crippen LogP) is 3.73. The molecule has 2 N–H and O–H groups in total. The molecule has 1 amide bonds. The van der Waals surface area contributed by atoms with Crippen molar-refractivity contribution in [1.29, 1.82) is 0 Å². The van der Waals surface area contributed by atoms with Crippen LogP contribution in [0.25, 0.3) is 0 Å². The van der Waals surface area contributed by atoms with E-state index in [0.717, 1.165) is 53.6 Å². The summed E-state index contributed by atoms with van der Waals surface area (Å²) in [4.78, 5) is 20.4. The number of carbonyl (C=O) groups is 1. The van der Waals surface area contributed by atoms with Crippen LogP contribution in [0.2, 0.25) is 0 Å². The van der Waals surface area contributed by atoms with Gasteiger partial charge in [-0.1, -0.05) is 6.92 Å². The number of piperidine rings is 1. The zero-order valence-corrected chi connectivity index (χ0v) is 18.0. The monoisotopic (exact) mass is 417 g/mol. The molecule has 2 aliphatic heterocycles. The lowest BCUT2D eigenvalue weighted by Crippen LogP contribution is -2.46. The van der Waals surface area contributed by atoms with Crippen LogP contribution in [-0.4, -0.2) is 35.8 Å². The number of thioether (sulfide) groups is 1. The molecule has 7 heteroatoms. The highest BCUT2D eigenvalue weighted by Crippen LogP contribution is 2.46. The molecular weight excluding hydrogens is 390 g/mol. The van der Waals surface area contributed by atoms with Crippen molar-refractivity contribution in [3.63, 3.8) is 0 Å². The van der Waals surface area contributed by atoms with Gasteiger partial charge in [0.1, 0.15) is 5.60 Å². The molecule has 1 spiro atoms. The van der Waals surface area contributed by atoms with Gasteiger partial charge in [-0.25, -0.2) is 0 Å². The van der Waals surface area contributed by atoms with Gasteiger partial charge in [-0.3, -0.25) is 9.78 Å². The van der Waals surface area contributed by atoms with Crippen molar-refractivity contribution in [3.05, 3.63) is 45.4 Å². The van der Waals surface area contributed by atoms with Gasteiger partial charge in [-0.05, 0) is 68.8 Å². The number of thiophene rings is 1. The Balaban J connectivity index is 1.46. The summed E-state index contributed by atoms with van der Waals surface area (Å²) in [5.41, 5.74) is 1.95. The minimum absolute atomic E-state index is 0.0232. The maximum Gasteiger partial charge on any atom is 0.261 e. The second-order valence-electron chi connectivity index (χ2n) is 7.44. The second kappa shape index (κ2) is 8.53. The Morgan fingerprint density at radius 2 is 2.25 bits per heavy atom. The first-order chi connectivity index (χ1) is 13.6. The number of carbonyl (C=O) groups excluding carboxylic acids is 1. The molecule has 0 bridgehead atoms. The standard InChI is InChI=1S/C21H27N3O2S2/c1-3-27-17-5-4-16(23-13-17)12-24-20(25)18-11-15-10-14(2)26-21(19(15)28-18)6-8-22-9-7-21/h4-5,11,13-14,22H,3,6-10,12H2,1-2H3,(H,24,25). The van der Waals surface area contributed by atoms with Crippen LogP contribution in [0, 0.1) is 0 Å². The Morgan fingerprint density at radius 1 is 1.43 bits per heavy atom. The largest absolute Gasteiger partial charge is 0.366 e. The lowest BCUT2D eigenvalue weighted by Gasteiger charge is -2.43. The van der Waals surface area contributed by atoms with Crippen LogP contribution in [0.1, 0.15) is 52.5 Å². The minimum atomic E-state index is -0.213. The number of hydrogen-bond acceptors (Lipinski definition) is 6. The van der Waals surface area contributed by atoms with Crippen LogP contribution in [0.5, 0.6) is 0 Å². The van der Waals surface area contributed by atoms with Crippen LogP contribution >= 0.6 is 23.1 Å². The number of pyridine rings is 1. The molecule has 0 saturated carbocycles. The molecule has 1 fully saturated rings. The van der Waals surface area contributed by atoms with E-state index >= 15 is 0 Å². The normalized spacial score (nSPS) is 20.7. The SMILES string of the molecule is CCSc1ccc(CNC(=O)c2cc3c(s2)C2(CCNCC2)OC(C)C3)nc1. The molecule has 0 radical (unpaired) electrons. The van der Waals surface area contributed by atoms with E-state index in [2.05, 4.69) is 41.6 Å². The molecule has 2 aromatic rings. The summed E-state index contributed by atoms with van der Waals surface area (Å²) >= 11 is 3.37. The van der Waals surface area contributed by atoms with E-state index in [1.165, 1.54) is 10.4 Å². The smallest absolute Gasteiger partial charge is 0.261 e. The summed E-state index contributed by atoms with van der Waals surface area (Å²) < 4.78 is 6.42. The van der Waals surface area contributed by atoms with Crippen molar-refractivity contribution in [2.45, 2.75) is 56.3 Å². The average molecular weight is 418 g/mol. The number of aromatic nitrogens is 1. The molecule has 28 heavy (non-hydrogen) atoms. The van der Waals surface area contributed by atoms with Crippen molar-refractivity contribution < 1.29 is 9.53 Å². The van der Waals surface area contributed by atoms with Gasteiger partial charge >= 0.3 is 0 Å². The zero-order valence-electron chi connectivity index (χ0n) is 16.4. The minimum Gasteiger partial charge on any atom is -0.366 e. The third-order valence-electron chi connectivity index (χ3n) is 5.33. The van der Waals surface area contributed by atoms with Gasteiger partial charge < -0.3 is 15.4 Å². The van der Waals surface area contributed by atoms with E-state index in [0.29, 0.717) is 6.54 Å². The summed E-state index contributed by atoms with van der Waals surface area (Å²) in [5, 5.41) is 6.45. The lowest BCUT2D eigenvalue weighted by molar-refractivity contribution is -0.117. The Labute approximate surface area is 174 Å². The van der Waals surface area contributed by atoms with Crippen LogP contribution < -0.4 is 10.6 Å². The van der Waals surface area contributed by atoms with E-state index in [4.69, 9.17) is 4.74 Å². The topological polar surface area (TPSA) is 63.2 Å². The number of rotatable bonds is 5. The summed E-state index contributed by atoms with van der Waals surface area (Å²) in [6, 6.07) is 6.12. The maximum absolute atomic E-state index is 12.8. The third kappa shape index (κ3) is 4.13. The first-order valence-corrected chi connectivity index (χ1v) is 11.8. The fourth-order valence-corrected chi connectivity index (χ4v) is 5.99. The van der Waals surface area contributed by atoms with Crippen LogP contribution in [0.3, 0.4) is 0 Å². The molecule has 0 aromatic carbocycles. The number of fused-ring (bicyclic) bond motifs is 2. The van der Waals surface area contributed by atoms with Gasteiger partial charge in [0.05, 0.1) is 23.2 Å². The van der Waals surface area contributed by atoms with Crippen LogP contribution in [0.15, 0.2) is 29.3 Å². The number of nitrogens with zero attached hydrogens (tertiary/aromatic N) is 1. The van der Waals surface area contributed by atoms with Crippen molar-refractivity contribution in [2.24, 2.45) is 0 Å². The summed E-state index contributed by atoms with van der Waals surface area (Å²) in [7, 11) is 0. The average Bonchev–Trinajstić information content (AvgIpc) is 3.13. The molecule has 1 unspecified atom stereocenters. The Hall–Kier alpha value is -1.41. The summed E-state index contributed by atoms with van der Waals surface area (Å²) in [5.74, 6) is 1.01. The predicted molar refractivity (Wildman–Crippen MR) is 114 cm³/mol. The third-order valence-corrected chi connectivity index (χ3v) is 7.56. The van der Waals surface area contributed by atoms with E-state index in [1.54, 1.807) is 23.1 Å². The van der Waals surface area contributed by atoms with Gasteiger partial charge in [0.25, 0.3) is 5.91 Å².